The number of hydrogen-bond donors (Lipinski definition) is 0. The van der Waals surface area contributed by atoms with E-state index in [1.165, 1.54) is 59.1 Å². The summed E-state index contributed by atoms with van der Waals surface area (Å²) in [6.45, 7) is 6.97. The van der Waals surface area contributed by atoms with Gasteiger partial charge < -0.3 is 9.32 Å². The van der Waals surface area contributed by atoms with E-state index in [1.807, 2.05) is 11.3 Å². The number of benzene rings is 8. The van der Waals surface area contributed by atoms with Crippen LogP contribution in [-0.4, -0.2) is 0 Å². The summed E-state index contributed by atoms with van der Waals surface area (Å²) in [4.78, 5) is 2.38. The quantitative estimate of drug-likeness (QED) is 0.167. The number of furan rings is 1. The lowest BCUT2D eigenvalue weighted by Crippen LogP contribution is -2.19. The van der Waals surface area contributed by atoms with E-state index in [4.69, 9.17) is 4.42 Å². The zero-order valence-corrected chi connectivity index (χ0v) is 35.3. The molecule has 2 heterocycles. The molecule has 2 aliphatic rings. The van der Waals surface area contributed by atoms with Gasteiger partial charge in [-0.3, -0.25) is 0 Å². The number of thiophene rings is 1. The summed E-state index contributed by atoms with van der Waals surface area (Å²) in [5.41, 5.74) is 16.3. The third-order valence-electron chi connectivity index (χ3n) is 13.5. The van der Waals surface area contributed by atoms with E-state index in [0.29, 0.717) is 0 Å². The highest BCUT2D eigenvalue weighted by molar-refractivity contribution is 7.26. The first-order valence-corrected chi connectivity index (χ1v) is 22.1. The lowest BCUT2D eigenvalue weighted by atomic mass is 9.77. The number of anilines is 3. The minimum absolute atomic E-state index is 0.0215. The number of para-hydroxylation sites is 1. The van der Waals surface area contributed by atoms with Gasteiger partial charge in [-0.15, -0.1) is 11.3 Å². The molecule has 3 heteroatoms. The molecule has 292 valence electrons. The van der Waals surface area contributed by atoms with Crippen molar-refractivity contribution in [1.29, 1.82) is 0 Å². The Kier molecular flexibility index (Phi) is 7.98. The highest BCUT2D eigenvalue weighted by atomic mass is 32.1. The first kappa shape index (κ1) is 36.0. The highest BCUT2D eigenvalue weighted by Gasteiger charge is 2.37. The average Bonchev–Trinajstić information content (AvgIpc) is 3.95. The Balaban J connectivity index is 0.948. The second-order valence-corrected chi connectivity index (χ2v) is 18.5. The van der Waals surface area contributed by atoms with Gasteiger partial charge in [0.05, 0.1) is 0 Å². The summed E-state index contributed by atoms with van der Waals surface area (Å²) in [6, 6.07) is 62.6. The number of allylic oxidation sites excluding steroid dienone is 4. The van der Waals surface area contributed by atoms with E-state index in [9.17, 15) is 0 Å². The number of nitrogens with zero attached hydrogens (tertiary/aromatic N) is 1. The first-order chi connectivity index (χ1) is 29.9. The van der Waals surface area contributed by atoms with Gasteiger partial charge in [0.1, 0.15) is 11.2 Å². The van der Waals surface area contributed by atoms with Gasteiger partial charge in [0.15, 0.2) is 0 Å². The zero-order valence-electron chi connectivity index (χ0n) is 34.4. The molecule has 10 aromatic rings. The van der Waals surface area contributed by atoms with Gasteiger partial charge in [0.25, 0.3) is 0 Å². The molecule has 2 nitrogen and oxygen atoms in total. The third-order valence-corrected chi connectivity index (χ3v) is 14.7. The van der Waals surface area contributed by atoms with Gasteiger partial charge in [-0.05, 0) is 87.8 Å². The third kappa shape index (κ3) is 5.54. The molecule has 1 atom stereocenters. The maximum absolute atomic E-state index is 6.99. The van der Waals surface area contributed by atoms with Crippen molar-refractivity contribution in [2.24, 2.45) is 0 Å². The molecule has 0 saturated carbocycles. The van der Waals surface area contributed by atoms with Crippen molar-refractivity contribution in [1.82, 2.24) is 0 Å². The largest absolute Gasteiger partial charge is 0.455 e. The van der Waals surface area contributed by atoms with Gasteiger partial charge in [0, 0.05) is 70.0 Å². The normalized spacial score (nSPS) is 16.4. The summed E-state index contributed by atoms with van der Waals surface area (Å²) < 4.78 is 9.64. The highest BCUT2D eigenvalue weighted by Crippen LogP contribution is 2.53. The minimum Gasteiger partial charge on any atom is -0.455 e. The summed E-state index contributed by atoms with van der Waals surface area (Å²) in [6.07, 6.45) is 9.90. The van der Waals surface area contributed by atoms with Crippen LogP contribution in [0.1, 0.15) is 43.9 Å². The van der Waals surface area contributed by atoms with Crippen LogP contribution in [0.3, 0.4) is 0 Å². The predicted molar refractivity (Wildman–Crippen MR) is 260 cm³/mol. The molecule has 0 saturated heterocycles. The van der Waals surface area contributed by atoms with Crippen molar-refractivity contribution in [3.63, 3.8) is 0 Å². The van der Waals surface area contributed by atoms with E-state index < -0.39 is 0 Å². The summed E-state index contributed by atoms with van der Waals surface area (Å²) in [5.74, 6) is 0. The van der Waals surface area contributed by atoms with Gasteiger partial charge in [-0.25, -0.2) is 0 Å². The van der Waals surface area contributed by atoms with Crippen molar-refractivity contribution < 1.29 is 4.42 Å². The second kappa shape index (κ2) is 13.5. The molecule has 0 aliphatic heterocycles. The molecule has 8 aromatic carbocycles. The molecule has 0 N–H and O–H groups in total. The molecule has 61 heavy (non-hydrogen) atoms. The van der Waals surface area contributed by atoms with E-state index in [2.05, 4.69) is 220 Å². The zero-order chi connectivity index (χ0) is 40.9. The van der Waals surface area contributed by atoms with E-state index in [-0.39, 0.29) is 10.8 Å². The molecule has 2 aliphatic carbocycles. The van der Waals surface area contributed by atoms with Crippen LogP contribution in [0.5, 0.6) is 0 Å². The molecule has 0 bridgehead atoms. The van der Waals surface area contributed by atoms with Crippen LogP contribution in [0.4, 0.5) is 17.1 Å². The SMILES string of the molecule is CC1(c2ccc(N(c3ccc(-c4cccc5c4oc4c6c(ccc45)C(C)(C)c4ccccc4-6)cc3)c3ccc(-c4cccc5c4sc4ccccc45)cc3)cc2)C=CC=CC1. The smallest absolute Gasteiger partial charge is 0.143 e. The molecule has 1 unspecified atom stereocenters. The first-order valence-electron chi connectivity index (χ1n) is 21.3. The maximum Gasteiger partial charge on any atom is 0.143 e. The fraction of sp³-hybridized carbons (Fsp3) is 0.103. The molecule has 2 aromatic heterocycles. The molecule has 0 fully saturated rings. The van der Waals surface area contributed by atoms with Crippen LogP contribution in [-0.2, 0) is 10.8 Å². The Hall–Kier alpha value is -6.94. The van der Waals surface area contributed by atoms with E-state index >= 15 is 0 Å². The van der Waals surface area contributed by atoms with Crippen LogP contribution >= 0.6 is 11.3 Å². The fourth-order valence-electron chi connectivity index (χ4n) is 10.2. The number of fused-ring (bicyclic) bond motifs is 10. The van der Waals surface area contributed by atoms with Gasteiger partial charge >= 0.3 is 0 Å². The van der Waals surface area contributed by atoms with Crippen molar-refractivity contribution >= 4 is 70.5 Å². The Bertz CT molecular complexity index is 3410. The number of rotatable bonds is 6. The standard InChI is InChI=1S/C58H43NOS/c1-57(2)50-19-7-5-14-49(50)53-51(57)34-33-47-46-17-11-15-43(54(46)60-55(47)53)37-21-27-40(28-22-37)59(42-31-25-39(26-32-42)58(3)35-9-4-10-36-58)41-29-23-38(24-30-41)44-16-12-18-48-45-13-6-8-20-52(45)61-56(44)48/h4-35H,36H2,1-3H3. The minimum atomic E-state index is -0.0836. The van der Waals surface area contributed by atoms with Gasteiger partial charge in [0.2, 0.25) is 0 Å². The van der Waals surface area contributed by atoms with Crippen LogP contribution in [0.2, 0.25) is 0 Å². The lowest BCUT2D eigenvalue weighted by Gasteiger charge is -2.29. The molecule has 0 radical (unpaired) electrons. The van der Waals surface area contributed by atoms with Crippen molar-refractivity contribution in [3.05, 3.63) is 211 Å². The van der Waals surface area contributed by atoms with Crippen LogP contribution in [0.25, 0.3) is 75.5 Å². The number of hydrogen-bond acceptors (Lipinski definition) is 3. The summed E-state index contributed by atoms with van der Waals surface area (Å²) in [7, 11) is 0. The van der Waals surface area contributed by atoms with Crippen molar-refractivity contribution in [2.45, 2.75) is 38.0 Å². The summed E-state index contributed by atoms with van der Waals surface area (Å²) in [5, 5.41) is 4.95. The maximum atomic E-state index is 6.99. The monoisotopic (exact) mass is 801 g/mol. The van der Waals surface area contributed by atoms with Crippen molar-refractivity contribution in [3.8, 4) is 33.4 Å². The Morgan fingerprint density at radius 3 is 1.84 bits per heavy atom. The van der Waals surface area contributed by atoms with Crippen LogP contribution in [0.15, 0.2) is 199 Å². The average molecular weight is 802 g/mol. The molecular weight excluding hydrogens is 759 g/mol. The Labute approximate surface area is 360 Å². The Morgan fingerprint density at radius 1 is 0.492 bits per heavy atom. The van der Waals surface area contributed by atoms with E-state index in [1.54, 1.807) is 0 Å². The summed E-state index contributed by atoms with van der Waals surface area (Å²) >= 11 is 1.88. The fourth-order valence-corrected chi connectivity index (χ4v) is 11.4. The lowest BCUT2D eigenvalue weighted by molar-refractivity contribution is 0.600. The van der Waals surface area contributed by atoms with Crippen LogP contribution < -0.4 is 4.90 Å². The van der Waals surface area contributed by atoms with E-state index in [0.717, 1.165) is 56.5 Å². The second-order valence-electron chi connectivity index (χ2n) is 17.5. The molecule has 0 amide bonds. The van der Waals surface area contributed by atoms with Gasteiger partial charge in [-0.1, -0.05) is 172 Å². The predicted octanol–water partition coefficient (Wildman–Crippen LogP) is 16.8. The molecular formula is C58H43NOS. The van der Waals surface area contributed by atoms with Crippen molar-refractivity contribution in [2.75, 3.05) is 4.90 Å². The topological polar surface area (TPSA) is 16.4 Å². The Morgan fingerprint density at radius 2 is 1.10 bits per heavy atom. The molecule has 0 spiro atoms. The van der Waals surface area contributed by atoms with Gasteiger partial charge in [-0.2, -0.15) is 0 Å². The van der Waals surface area contributed by atoms with Crippen LogP contribution in [0, 0.1) is 0 Å². The molecule has 12 rings (SSSR count).